The molecule has 5 rings (SSSR count). The van der Waals surface area contributed by atoms with Crippen molar-refractivity contribution in [1.29, 1.82) is 0 Å². The molecule has 25 heavy (non-hydrogen) atoms. The van der Waals surface area contributed by atoms with Gasteiger partial charge in [-0.15, -0.1) is 0 Å². The molecule has 0 amide bonds. The Morgan fingerprint density at radius 3 is 2.84 bits per heavy atom. The predicted octanol–water partition coefficient (Wildman–Crippen LogP) is 4.12. The third kappa shape index (κ3) is 2.26. The van der Waals surface area contributed by atoms with E-state index in [2.05, 4.69) is 32.7 Å². The monoisotopic (exact) mass is 327 g/mol. The lowest BCUT2D eigenvalue weighted by Crippen LogP contribution is -2.10. The van der Waals surface area contributed by atoms with Gasteiger partial charge in [-0.3, -0.25) is 4.98 Å². The smallest absolute Gasteiger partial charge is 0.0956 e. The van der Waals surface area contributed by atoms with E-state index in [9.17, 15) is 5.11 Å². The van der Waals surface area contributed by atoms with Crippen molar-refractivity contribution in [2.24, 2.45) is 0 Å². The van der Waals surface area contributed by atoms with Gasteiger partial charge in [0.1, 0.15) is 0 Å². The molecule has 1 aliphatic rings. The van der Waals surface area contributed by atoms with Gasteiger partial charge in [0.05, 0.1) is 35.9 Å². The third-order valence-electron chi connectivity index (χ3n) is 5.04. The number of rotatable bonds is 3. The highest BCUT2D eigenvalue weighted by Gasteiger charge is 2.30. The van der Waals surface area contributed by atoms with Crippen LogP contribution in [-0.4, -0.2) is 19.6 Å². The van der Waals surface area contributed by atoms with Crippen LogP contribution < -0.4 is 0 Å². The van der Waals surface area contributed by atoms with Crippen molar-refractivity contribution in [3.8, 4) is 11.3 Å². The Balaban J connectivity index is 1.50. The van der Waals surface area contributed by atoms with E-state index in [1.165, 1.54) is 11.1 Å². The number of aliphatic hydroxyl groups is 1. The van der Waals surface area contributed by atoms with Crippen LogP contribution in [0.15, 0.2) is 73.3 Å². The van der Waals surface area contributed by atoms with Crippen molar-refractivity contribution in [2.75, 3.05) is 0 Å². The second-order valence-corrected chi connectivity index (χ2v) is 6.50. The second kappa shape index (κ2) is 5.53. The summed E-state index contributed by atoms with van der Waals surface area (Å²) in [6.07, 6.45) is 5.54. The molecule has 2 aromatic heterocycles. The fourth-order valence-electron chi connectivity index (χ4n) is 3.79. The maximum atomic E-state index is 10.9. The highest BCUT2D eigenvalue weighted by molar-refractivity contribution is 5.78. The van der Waals surface area contributed by atoms with Gasteiger partial charge in [0.25, 0.3) is 0 Å². The molecule has 1 aliphatic heterocycles. The number of imidazole rings is 1. The zero-order valence-corrected chi connectivity index (χ0v) is 13.6. The average Bonchev–Trinajstić information content (AvgIpc) is 3.24. The normalized spacial score (nSPS) is 16.6. The summed E-state index contributed by atoms with van der Waals surface area (Å²) in [6, 6.07) is 18.4. The van der Waals surface area contributed by atoms with Crippen molar-refractivity contribution in [3.63, 3.8) is 0 Å². The molecule has 0 radical (unpaired) electrons. The molecule has 4 heteroatoms. The minimum Gasteiger partial charge on any atom is -0.388 e. The standard InChI is InChI=1S/C21H17N3O/c25-21(15-9-14-5-1-4-8-18(14)23-11-15)10-19-16-6-2-3-7-17(16)20-12-22-13-24(19)20/h1-9,11-13,19,21,25H,10H2. The third-order valence-corrected chi connectivity index (χ3v) is 5.04. The molecule has 3 heterocycles. The van der Waals surface area contributed by atoms with Crippen LogP contribution in [0.25, 0.3) is 22.2 Å². The molecule has 4 nitrogen and oxygen atoms in total. The molecule has 2 unspecified atom stereocenters. The Hall–Kier alpha value is -2.98. The summed E-state index contributed by atoms with van der Waals surface area (Å²) in [4.78, 5) is 8.76. The summed E-state index contributed by atoms with van der Waals surface area (Å²) in [5, 5.41) is 11.9. The van der Waals surface area contributed by atoms with Crippen molar-refractivity contribution < 1.29 is 5.11 Å². The molecule has 1 N–H and O–H groups in total. The summed E-state index contributed by atoms with van der Waals surface area (Å²) in [6.45, 7) is 0. The Bertz CT molecular complexity index is 1070. The van der Waals surface area contributed by atoms with E-state index in [-0.39, 0.29) is 6.04 Å². The number of aliphatic hydroxyl groups excluding tert-OH is 1. The molecule has 0 saturated carbocycles. The van der Waals surface area contributed by atoms with E-state index in [0.717, 1.165) is 22.2 Å². The van der Waals surface area contributed by atoms with Gasteiger partial charge in [-0.2, -0.15) is 0 Å². The van der Waals surface area contributed by atoms with Crippen molar-refractivity contribution >= 4 is 10.9 Å². The van der Waals surface area contributed by atoms with Crippen LogP contribution in [0.1, 0.15) is 29.7 Å². The van der Waals surface area contributed by atoms with Gasteiger partial charge in [0.15, 0.2) is 0 Å². The number of hydrogen-bond donors (Lipinski definition) is 1. The molecule has 2 aromatic carbocycles. The van der Waals surface area contributed by atoms with E-state index in [1.54, 1.807) is 6.20 Å². The minimum atomic E-state index is -0.580. The SMILES string of the molecule is OC(CC1c2ccccc2-c2cncn21)c1cnc2ccccc2c1. The number of hydrogen-bond acceptors (Lipinski definition) is 3. The van der Waals surface area contributed by atoms with Crippen LogP contribution in [0.4, 0.5) is 0 Å². The molecule has 4 aromatic rings. The predicted molar refractivity (Wildman–Crippen MR) is 97.1 cm³/mol. The average molecular weight is 327 g/mol. The Morgan fingerprint density at radius 2 is 1.88 bits per heavy atom. The van der Waals surface area contributed by atoms with Gasteiger partial charge < -0.3 is 9.67 Å². The van der Waals surface area contributed by atoms with Gasteiger partial charge in [-0.1, -0.05) is 42.5 Å². The molecular formula is C21H17N3O. The number of nitrogens with zero attached hydrogens (tertiary/aromatic N) is 3. The lowest BCUT2D eigenvalue weighted by atomic mass is 9.96. The van der Waals surface area contributed by atoms with Gasteiger partial charge in [0, 0.05) is 23.6 Å². The summed E-state index contributed by atoms with van der Waals surface area (Å²) in [5.74, 6) is 0. The summed E-state index contributed by atoms with van der Waals surface area (Å²) < 4.78 is 2.16. The molecular weight excluding hydrogens is 310 g/mol. The van der Waals surface area contributed by atoms with Gasteiger partial charge in [0.2, 0.25) is 0 Å². The Kier molecular flexibility index (Phi) is 3.18. The van der Waals surface area contributed by atoms with Crippen LogP contribution in [0.2, 0.25) is 0 Å². The maximum absolute atomic E-state index is 10.9. The van der Waals surface area contributed by atoms with Crippen LogP contribution >= 0.6 is 0 Å². The minimum absolute atomic E-state index is 0.0928. The first-order valence-electron chi connectivity index (χ1n) is 8.45. The molecule has 0 bridgehead atoms. The fourth-order valence-corrected chi connectivity index (χ4v) is 3.79. The van der Waals surface area contributed by atoms with E-state index < -0.39 is 6.10 Å². The van der Waals surface area contributed by atoms with E-state index in [0.29, 0.717) is 6.42 Å². The van der Waals surface area contributed by atoms with Gasteiger partial charge in [-0.05, 0) is 23.3 Å². The van der Waals surface area contributed by atoms with Crippen molar-refractivity contribution in [2.45, 2.75) is 18.6 Å². The van der Waals surface area contributed by atoms with Gasteiger partial charge >= 0.3 is 0 Å². The summed E-state index contributed by atoms with van der Waals surface area (Å²) >= 11 is 0. The lowest BCUT2D eigenvalue weighted by molar-refractivity contribution is 0.153. The summed E-state index contributed by atoms with van der Waals surface area (Å²) in [7, 11) is 0. The quantitative estimate of drug-likeness (QED) is 0.616. The zero-order valence-electron chi connectivity index (χ0n) is 13.6. The van der Waals surface area contributed by atoms with E-state index in [1.807, 2.05) is 48.9 Å². The first-order chi connectivity index (χ1) is 12.3. The zero-order chi connectivity index (χ0) is 16.8. The number of pyridine rings is 1. The fraction of sp³-hybridized carbons (Fsp3) is 0.143. The number of fused-ring (bicyclic) bond motifs is 4. The Morgan fingerprint density at radius 1 is 1.04 bits per heavy atom. The highest BCUT2D eigenvalue weighted by Crippen LogP contribution is 2.42. The Labute approximate surface area is 145 Å². The molecule has 0 spiro atoms. The number of aromatic nitrogens is 3. The molecule has 122 valence electrons. The number of para-hydroxylation sites is 1. The maximum Gasteiger partial charge on any atom is 0.0956 e. The molecule has 0 aliphatic carbocycles. The van der Waals surface area contributed by atoms with Crippen LogP contribution in [0.3, 0.4) is 0 Å². The molecule has 0 saturated heterocycles. The molecule has 0 fully saturated rings. The summed E-state index contributed by atoms with van der Waals surface area (Å²) in [5.41, 5.74) is 5.36. The largest absolute Gasteiger partial charge is 0.388 e. The first-order valence-corrected chi connectivity index (χ1v) is 8.45. The van der Waals surface area contributed by atoms with Gasteiger partial charge in [-0.25, -0.2) is 4.98 Å². The lowest BCUT2D eigenvalue weighted by Gasteiger charge is -2.19. The van der Waals surface area contributed by atoms with Crippen molar-refractivity contribution in [3.05, 3.63) is 84.4 Å². The van der Waals surface area contributed by atoms with E-state index in [4.69, 9.17) is 0 Å². The second-order valence-electron chi connectivity index (χ2n) is 6.50. The number of benzene rings is 2. The van der Waals surface area contributed by atoms with Crippen molar-refractivity contribution in [1.82, 2.24) is 14.5 Å². The highest BCUT2D eigenvalue weighted by atomic mass is 16.3. The van der Waals surface area contributed by atoms with Crippen LogP contribution in [0, 0.1) is 0 Å². The van der Waals surface area contributed by atoms with Crippen LogP contribution in [-0.2, 0) is 0 Å². The topological polar surface area (TPSA) is 50.9 Å². The van der Waals surface area contributed by atoms with E-state index >= 15 is 0 Å². The molecule has 2 atom stereocenters. The first kappa shape index (κ1) is 14.4. The van der Waals surface area contributed by atoms with Crippen LogP contribution in [0.5, 0.6) is 0 Å².